The van der Waals surface area contributed by atoms with Crippen LogP contribution in [0.15, 0.2) is 12.4 Å². The standard InChI is InChI=1S/C9H13FN4O/c1-9(2,3-7(11)15)14-8-12-4-6(10)5-13-8/h4-5H,3H2,1-2H3,(H2,11,15)(H,12,13,14). The Balaban J connectivity index is 2.68. The number of amides is 1. The summed E-state index contributed by atoms with van der Waals surface area (Å²) in [5, 5.41) is 2.89. The molecule has 0 aromatic carbocycles. The number of rotatable bonds is 4. The summed E-state index contributed by atoms with van der Waals surface area (Å²) in [5.74, 6) is -0.662. The summed E-state index contributed by atoms with van der Waals surface area (Å²) < 4.78 is 12.5. The molecule has 5 nitrogen and oxygen atoms in total. The minimum Gasteiger partial charge on any atom is -0.370 e. The van der Waals surface area contributed by atoms with Gasteiger partial charge in [-0.2, -0.15) is 0 Å². The number of nitrogens with two attached hydrogens (primary N) is 1. The van der Waals surface area contributed by atoms with E-state index >= 15 is 0 Å². The molecule has 0 aliphatic heterocycles. The van der Waals surface area contributed by atoms with E-state index in [2.05, 4.69) is 15.3 Å². The van der Waals surface area contributed by atoms with Crippen molar-refractivity contribution in [3.8, 4) is 0 Å². The Morgan fingerprint density at radius 3 is 2.53 bits per heavy atom. The van der Waals surface area contributed by atoms with Crippen molar-refractivity contribution in [3.63, 3.8) is 0 Å². The van der Waals surface area contributed by atoms with Crippen LogP contribution in [0.25, 0.3) is 0 Å². The van der Waals surface area contributed by atoms with Gasteiger partial charge in [-0.15, -0.1) is 0 Å². The fourth-order valence-corrected chi connectivity index (χ4v) is 1.16. The number of primary amides is 1. The Morgan fingerprint density at radius 1 is 1.53 bits per heavy atom. The van der Waals surface area contributed by atoms with E-state index < -0.39 is 17.3 Å². The van der Waals surface area contributed by atoms with Gasteiger partial charge in [0, 0.05) is 12.0 Å². The van der Waals surface area contributed by atoms with Crippen molar-refractivity contribution in [2.24, 2.45) is 5.73 Å². The lowest BCUT2D eigenvalue weighted by Crippen LogP contribution is -2.36. The van der Waals surface area contributed by atoms with Crippen molar-refractivity contribution >= 4 is 11.9 Å². The van der Waals surface area contributed by atoms with Crippen LogP contribution in [-0.4, -0.2) is 21.4 Å². The highest BCUT2D eigenvalue weighted by atomic mass is 19.1. The van der Waals surface area contributed by atoms with Crippen molar-refractivity contribution in [1.29, 1.82) is 0 Å². The highest BCUT2D eigenvalue weighted by molar-refractivity contribution is 5.75. The van der Waals surface area contributed by atoms with Crippen LogP contribution in [0.1, 0.15) is 20.3 Å². The van der Waals surface area contributed by atoms with Gasteiger partial charge in [-0.05, 0) is 13.8 Å². The molecule has 1 aromatic rings. The van der Waals surface area contributed by atoms with Gasteiger partial charge in [0.2, 0.25) is 11.9 Å². The zero-order valence-electron chi connectivity index (χ0n) is 8.62. The first-order chi connectivity index (χ1) is 6.89. The minimum atomic E-state index is -0.552. The normalized spacial score (nSPS) is 11.1. The molecular formula is C9H13FN4O. The molecule has 0 radical (unpaired) electrons. The van der Waals surface area contributed by atoms with Crippen LogP contribution in [0, 0.1) is 5.82 Å². The zero-order chi connectivity index (χ0) is 11.5. The number of carbonyl (C=O) groups excluding carboxylic acids is 1. The third kappa shape index (κ3) is 3.88. The summed E-state index contributed by atoms with van der Waals surface area (Å²) in [4.78, 5) is 18.2. The second-order valence-electron chi connectivity index (χ2n) is 3.88. The van der Waals surface area contributed by atoms with E-state index in [0.29, 0.717) is 0 Å². The Labute approximate surface area is 86.9 Å². The number of carbonyl (C=O) groups is 1. The smallest absolute Gasteiger partial charge is 0.223 e. The van der Waals surface area contributed by atoms with E-state index in [1.54, 1.807) is 13.8 Å². The lowest BCUT2D eigenvalue weighted by atomic mass is 10.0. The van der Waals surface area contributed by atoms with Gasteiger partial charge < -0.3 is 11.1 Å². The third-order valence-electron chi connectivity index (χ3n) is 1.69. The first kappa shape index (κ1) is 11.4. The number of anilines is 1. The van der Waals surface area contributed by atoms with Gasteiger partial charge in [0.15, 0.2) is 5.82 Å². The molecule has 0 saturated carbocycles. The molecule has 0 spiro atoms. The first-order valence-electron chi connectivity index (χ1n) is 4.43. The molecule has 6 heteroatoms. The first-order valence-corrected chi connectivity index (χ1v) is 4.43. The molecule has 3 N–H and O–H groups in total. The quantitative estimate of drug-likeness (QED) is 0.769. The van der Waals surface area contributed by atoms with E-state index in [4.69, 9.17) is 5.73 Å². The summed E-state index contributed by atoms with van der Waals surface area (Å²) >= 11 is 0. The number of halogens is 1. The zero-order valence-corrected chi connectivity index (χ0v) is 8.62. The highest BCUT2D eigenvalue weighted by Crippen LogP contribution is 2.13. The van der Waals surface area contributed by atoms with Gasteiger partial charge in [0.05, 0.1) is 12.4 Å². The topological polar surface area (TPSA) is 80.9 Å². The highest BCUT2D eigenvalue weighted by Gasteiger charge is 2.21. The predicted octanol–water partition coefficient (Wildman–Crippen LogP) is 0.682. The molecular weight excluding hydrogens is 199 g/mol. The average molecular weight is 212 g/mol. The molecule has 0 aliphatic rings. The summed E-state index contributed by atoms with van der Waals surface area (Å²) in [5.41, 5.74) is 4.52. The van der Waals surface area contributed by atoms with Crippen molar-refractivity contribution in [2.75, 3.05) is 5.32 Å². The van der Waals surface area contributed by atoms with E-state index in [-0.39, 0.29) is 12.4 Å². The lowest BCUT2D eigenvalue weighted by molar-refractivity contribution is -0.118. The lowest BCUT2D eigenvalue weighted by Gasteiger charge is -2.24. The van der Waals surface area contributed by atoms with E-state index in [9.17, 15) is 9.18 Å². The van der Waals surface area contributed by atoms with Crippen LogP contribution in [-0.2, 0) is 4.79 Å². The largest absolute Gasteiger partial charge is 0.370 e. The van der Waals surface area contributed by atoms with Crippen LogP contribution < -0.4 is 11.1 Å². The SMILES string of the molecule is CC(C)(CC(N)=O)Nc1ncc(F)cn1. The molecule has 82 valence electrons. The molecule has 0 fully saturated rings. The monoisotopic (exact) mass is 212 g/mol. The van der Waals surface area contributed by atoms with Gasteiger partial charge >= 0.3 is 0 Å². The van der Waals surface area contributed by atoms with Gasteiger partial charge in [-0.1, -0.05) is 0 Å². The second kappa shape index (κ2) is 4.20. The van der Waals surface area contributed by atoms with Gasteiger partial charge in [-0.25, -0.2) is 14.4 Å². The number of nitrogens with one attached hydrogen (secondary N) is 1. The summed E-state index contributed by atoms with van der Waals surface area (Å²) in [6.07, 6.45) is 2.25. The molecule has 0 bridgehead atoms. The molecule has 1 rings (SSSR count). The van der Waals surface area contributed by atoms with Gasteiger partial charge in [0.1, 0.15) is 0 Å². The molecule has 0 atom stereocenters. The van der Waals surface area contributed by atoms with Crippen molar-refractivity contribution in [3.05, 3.63) is 18.2 Å². The van der Waals surface area contributed by atoms with E-state index in [1.807, 2.05) is 0 Å². The molecule has 15 heavy (non-hydrogen) atoms. The Bertz CT molecular complexity index is 350. The average Bonchev–Trinajstić information content (AvgIpc) is 2.06. The van der Waals surface area contributed by atoms with Gasteiger partial charge in [0.25, 0.3) is 0 Å². The second-order valence-corrected chi connectivity index (χ2v) is 3.88. The minimum absolute atomic E-state index is 0.147. The summed E-state index contributed by atoms with van der Waals surface area (Å²) in [6, 6.07) is 0. The van der Waals surface area contributed by atoms with Crippen LogP contribution >= 0.6 is 0 Å². The fraction of sp³-hybridized carbons (Fsp3) is 0.444. The van der Waals surface area contributed by atoms with Crippen LogP contribution in [0.3, 0.4) is 0 Å². The Kier molecular flexibility index (Phi) is 3.18. The van der Waals surface area contributed by atoms with Gasteiger partial charge in [-0.3, -0.25) is 4.79 Å². The fourth-order valence-electron chi connectivity index (χ4n) is 1.16. The van der Waals surface area contributed by atoms with Crippen molar-refractivity contribution in [1.82, 2.24) is 9.97 Å². The Morgan fingerprint density at radius 2 is 2.07 bits per heavy atom. The van der Waals surface area contributed by atoms with E-state index in [1.165, 1.54) is 0 Å². The maximum atomic E-state index is 12.5. The molecule has 1 aromatic heterocycles. The number of aromatic nitrogens is 2. The Hall–Kier alpha value is -1.72. The van der Waals surface area contributed by atoms with Crippen LogP contribution in [0.2, 0.25) is 0 Å². The maximum Gasteiger partial charge on any atom is 0.223 e. The number of hydrogen-bond donors (Lipinski definition) is 2. The molecule has 0 unspecified atom stereocenters. The molecule has 0 aliphatic carbocycles. The summed E-state index contributed by atoms with van der Waals surface area (Å²) in [6.45, 7) is 3.56. The van der Waals surface area contributed by atoms with Crippen molar-refractivity contribution < 1.29 is 9.18 Å². The molecule has 0 saturated heterocycles. The number of hydrogen-bond acceptors (Lipinski definition) is 4. The van der Waals surface area contributed by atoms with Crippen LogP contribution in [0.5, 0.6) is 0 Å². The summed E-state index contributed by atoms with van der Waals surface area (Å²) in [7, 11) is 0. The van der Waals surface area contributed by atoms with Crippen molar-refractivity contribution in [2.45, 2.75) is 25.8 Å². The maximum absolute atomic E-state index is 12.5. The number of nitrogens with zero attached hydrogens (tertiary/aromatic N) is 2. The molecule has 1 heterocycles. The molecule has 1 amide bonds. The predicted molar refractivity (Wildman–Crippen MR) is 53.5 cm³/mol. The van der Waals surface area contributed by atoms with E-state index in [0.717, 1.165) is 12.4 Å². The van der Waals surface area contributed by atoms with Crippen LogP contribution in [0.4, 0.5) is 10.3 Å². The third-order valence-corrected chi connectivity index (χ3v) is 1.69.